The van der Waals surface area contributed by atoms with Crippen molar-refractivity contribution >= 4 is 51.9 Å². The average molecular weight is 665 g/mol. The van der Waals surface area contributed by atoms with Gasteiger partial charge in [0.15, 0.2) is 11.5 Å². The lowest BCUT2D eigenvalue weighted by atomic mass is 10.1. The van der Waals surface area contributed by atoms with E-state index in [1.54, 1.807) is 30.3 Å². The number of carbonyl (C=O) groups is 1. The number of carbonyl (C=O) groups excluding carboxylic acids is 1. The Labute approximate surface area is 252 Å². The minimum atomic E-state index is -0.521. The number of nitriles is 1. The molecule has 0 radical (unpaired) electrons. The maximum absolute atomic E-state index is 12.9. The minimum absolute atomic E-state index is 0.0487. The second kappa shape index (κ2) is 14.4. The molecule has 0 fully saturated rings. The summed E-state index contributed by atoms with van der Waals surface area (Å²) in [6, 6.07) is 29.9. The zero-order valence-corrected chi connectivity index (χ0v) is 24.6. The highest BCUT2D eigenvalue weighted by Gasteiger charge is 2.15. The van der Waals surface area contributed by atoms with Gasteiger partial charge in [0.05, 0.1) is 10.2 Å². The van der Waals surface area contributed by atoms with Crippen molar-refractivity contribution in [2.45, 2.75) is 20.1 Å². The maximum atomic E-state index is 12.9. The van der Waals surface area contributed by atoms with Crippen molar-refractivity contribution in [3.05, 3.63) is 122 Å². The number of benzene rings is 4. The highest BCUT2D eigenvalue weighted by atomic mass is 127. The molecule has 0 aliphatic carbocycles. The molecule has 0 aliphatic heterocycles. The lowest BCUT2D eigenvalue weighted by Crippen LogP contribution is -2.13. The van der Waals surface area contributed by atoms with Gasteiger partial charge in [-0.25, -0.2) is 0 Å². The van der Waals surface area contributed by atoms with Crippen molar-refractivity contribution < 1.29 is 19.0 Å². The zero-order valence-electron chi connectivity index (χ0n) is 21.7. The molecule has 0 saturated carbocycles. The van der Waals surface area contributed by atoms with Crippen molar-refractivity contribution in [2.24, 2.45) is 0 Å². The number of anilines is 1. The van der Waals surface area contributed by atoms with Gasteiger partial charge in [-0.1, -0.05) is 60.1 Å². The van der Waals surface area contributed by atoms with Crippen LogP contribution in [-0.4, -0.2) is 12.5 Å². The van der Waals surface area contributed by atoms with E-state index in [0.717, 1.165) is 14.7 Å². The summed E-state index contributed by atoms with van der Waals surface area (Å²) in [5, 5.41) is 13.1. The van der Waals surface area contributed by atoms with E-state index in [9.17, 15) is 10.1 Å². The number of hydrogen-bond acceptors (Lipinski definition) is 5. The summed E-state index contributed by atoms with van der Waals surface area (Å²) in [6.45, 7) is 3.01. The predicted octanol–water partition coefficient (Wildman–Crippen LogP) is 8.05. The number of nitrogens with zero attached hydrogens (tertiary/aromatic N) is 1. The van der Waals surface area contributed by atoms with Gasteiger partial charge in [-0.3, -0.25) is 4.79 Å². The summed E-state index contributed by atoms with van der Waals surface area (Å²) < 4.78 is 18.4. The van der Waals surface area contributed by atoms with Crippen molar-refractivity contribution in [1.82, 2.24) is 0 Å². The smallest absolute Gasteiger partial charge is 0.266 e. The Morgan fingerprint density at radius 1 is 0.950 bits per heavy atom. The van der Waals surface area contributed by atoms with Crippen LogP contribution in [0.25, 0.3) is 6.08 Å². The Kier molecular flexibility index (Phi) is 10.4. The van der Waals surface area contributed by atoms with Gasteiger partial charge >= 0.3 is 0 Å². The number of ether oxygens (including phenoxy) is 3. The van der Waals surface area contributed by atoms with Gasteiger partial charge in [-0.15, -0.1) is 0 Å². The molecule has 0 unspecified atom stereocenters. The van der Waals surface area contributed by atoms with Crippen LogP contribution >= 0.6 is 34.2 Å². The first kappa shape index (κ1) is 29.0. The van der Waals surface area contributed by atoms with Crippen LogP contribution in [0, 0.1) is 14.9 Å². The molecule has 1 amide bonds. The van der Waals surface area contributed by atoms with Crippen LogP contribution in [0.15, 0.2) is 96.6 Å². The molecular weight excluding hydrogens is 639 g/mol. The quantitative estimate of drug-likeness (QED) is 0.0997. The maximum Gasteiger partial charge on any atom is 0.266 e. The molecule has 6 nitrogen and oxygen atoms in total. The summed E-state index contributed by atoms with van der Waals surface area (Å²) in [5.41, 5.74) is 3.05. The van der Waals surface area contributed by atoms with Gasteiger partial charge in [-0.2, -0.15) is 5.26 Å². The van der Waals surface area contributed by atoms with Gasteiger partial charge in [0.25, 0.3) is 5.91 Å². The SMILES string of the molecule is CCOc1cc(/C=C(\C#N)C(=O)Nc2ccc(OCc3ccccc3)cc2)cc(I)c1OCc1ccccc1Cl. The molecule has 0 spiro atoms. The number of amides is 1. The second-order valence-corrected chi connectivity index (χ2v) is 10.1. The molecule has 0 aliphatic rings. The van der Waals surface area contributed by atoms with Crippen molar-refractivity contribution in [3.8, 4) is 23.3 Å². The molecule has 0 aromatic heterocycles. The van der Waals surface area contributed by atoms with E-state index < -0.39 is 5.91 Å². The summed E-state index contributed by atoms with van der Waals surface area (Å²) in [4.78, 5) is 12.9. The third-order valence-electron chi connectivity index (χ3n) is 5.70. The third-order valence-corrected chi connectivity index (χ3v) is 6.87. The van der Waals surface area contributed by atoms with Gasteiger partial charge in [0, 0.05) is 16.3 Å². The molecule has 1 N–H and O–H groups in total. The van der Waals surface area contributed by atoms with E-state index in [2.05, 4.69) is 27.9 Å². The Bertz CT molecular complexity index is 1530. The van der Waals surface area contributed by atoms with E-state index in [0.29, 0.717) is 46.7 Å². The monoisotopic (exact) mass is 664 g/mol. The van der Waals surface area contributed by atoms with E-state index in [1.807, 2.05) is 73.7 Å². The molecule has 4 aromatic carbocycles. The van der Waals surface area contributed by atoms with E-state index in [-0.39, 0.29) is 12.2 Å². The van der Waals surface area contributed by atoms with Crippen LogP contribution in [0.1, 0.15) is 23.6 Å². The topological polar surface area (TPSA) is 80.6 Å². The Morgan fingerprint density at radius 3 is 2.38 bits per heavy atom. The van der Waals surface area contributed by atoms with Crippen LogP contribution in [-0.2, 0) is 18.0 Å². The number of halogens is 2. The first-order chi connectivity index (χ1) is 19.5. The third kappa shape index (κ3) is 8.01. The van der Waals surface area contributed by atoms with Crippen LogP contribution in [0.5, 0.6) is 17.2 Å². The number of rotatable bonds is 11. The second-order valence-electron chi connectivity index (χ2n) is 8.57. The Hall–Kier alpha value is -4.00. The lowest BCUT2D eigenvalue weighted by molar-refractivity contribution is -0.112. The highest BCUT2D eigenvalue weighted by Crippen LogP contribution is 2.36. The molecule has 40 heavy (non-hydrogen) atoms. The van der Waals surface area contributed by atoms with Gasteiger partial charge in [0.1, 0.15) is 30.6 Å². The largest absolute Gasteiger partial charge is 0.490 e. The minimum Gasteiger partial charge on any atom is -0.490 e. The van der Waals surface area contributed by atoms with Crippen LogP contribution < -0.4 is 19.5 Å². The highest BCUT2D eigenvalue weighted by molar-refractivity contribution is 14.1. The fourth-order valence-corrected chi connectivity index (χ4v) is 4.70. The van der Waals surface area contributed by atoms with Crippen LogP contribution in [0.4, 0.5) is 5.69 Å². The van der Waals surface area contributed by atoms with Crippen molar-refractivity contribution in [1.29, 1.82) is 5.26 Å². The van der Waals surface area contributed by atoms with Gasteiger partial charge in [-0.05, 0) is 89.2 Å². The zero-order chi connectivity index (χ0) is 28.3. The fraction of sp³-hybridized carbons (Fsp3) is 0.125. The molecule has 0 heterocycles. The van der Waals surface area contributed by atoms with E-state index >= 15 is 0 Å². The summed E-state index contributed by atoms with van der Waals surface area (Å²) in [5.74, 6) is 1.23. The van der Waals surface area contributed by atoms with Crippen molar-refractivity contribution in [2.75, 3.05) is 11.9 Å². The van der Waals surface area contributed by atoms with Crippen molar-refractivity contribution in [3.63, 3.8) is 0 Å². The Balaban J connectivity index is 1.45. The Morgan fingerprint density at radius 2 is 1.68 bits per heavy atom. The molecule has 0 bridgehead atoms. The van der Waals surface area contributed by atoms with E-state index in [1.165, 1.54) is 6.08 Å². The summed E-state index contributed by atoms with van der Waals surface area (Å²) in [6.07, 6.45) is 1.52. The van der Waals surface area contributed by atoms with Gasteiger partial charge in [0.2, 0.25) is 0 Å². The summed E-state index contributed by atoms with van der Waals surface area (Å²) in [7, 11) is 0. The number of hydrogen-bond donors (Lipinski definition) is 1. The van der Waals surface area contributed by atoms with Gasteiger partial charge < -0.3 is 19.5 Å². The normalized spacial score (nSPS) is 10.9. The molecule has 8 heteroatoms. The van der Waals surface area contributed by atoms with E-state index in [4.69, 9.17) is 25.8 Å². The van der Waals surface area contributed by atoms with Crippen LogP contribution in [0.3, 0.4) is 0 Å². The summed E-state index contributed by atoms with van der Waals surface area (Å²) >= 11 is 8.41. The lowest BCUT2D eigenvalue weighted by Gasteiger charge is -2.15. The molecular formula is C32H26ClIN2O4. The van der Waals surface area contributed by atoms with Crippen LogP contribution in [0.2, 0.25) is 5.02 Å². The molecule has 4 aromatic rings. The number of nitrogens with one attached hydrogen (secondary N) is 1. The molecule has 202 valence electrons. The fourth-order valence-electron chi connectivity index (χ4n) is 3.73. The first-order valence-electron chi connectivity index (χ1n) is 12.5. The molecule has 4 rings (SSSR count). The predicted molar refractivity (Wildman–Crippen MR) is 166 cm³/mol. The molecule has 0 atom stereocenters. The molecule has 0 saturated heterocycles. The first-order valence-corrected chi connectivity index (χ1v) is 13.9. The average Bonchev–Trinajstić information content (AvgIpc) is 2.96. The standard InChI is InChI=1S/C32H26ClIN2O4/c1-2-38-30-18-23(17-29(34)31(30)40-21-24-10-6-7-11-28(24)33)16-25(19-35)32(37)36-26-12-14-27(15-13-26)39-20-22-8-4-3-5-9-22/h3-18H,2,20-21H2,1H3,(H,36,37)/b25-16+.